The van der Waals surface area contributed by atoms with E-state index in [0.29, 0.717) is 19.8 Å². The first-order chi connectivity index (χ1) is 21.2. The summed E-state index contributed by atoms with van der Waals surface area (Å²) in [5.41, 5.74) is 3.04. The Morgan fingerprint density at radius 2 is 0.953 bits per heavy atom. The lowest BCUT2D eigenvalue weighted by molar-refractivity contribution is 0.263. The predicted molar refractivity (Wildman–Crippen MR) is 166 cm³/mol. The molecule has 5 aromatic rings. The quantitative estimate of drug-likeness (QED) is 0.122. The molecule has 0 aromatic heterocycles. The largest absolute Gasteiger partial charge is 0.491 e. The molecule has 0 aliphatic carbocycles. The Balaban J connectivity index is 1.28. The average Bonchev–Trinajstić information content (AvgIpc) is 3.90. The van der Waals surface area contributed by atoms with E-state index in [9.17, 15) is 0 Å². The minimum absolute atomic E-state index is 0.189. The van der Waals surface area contributed by atoms with Crippen molar-refractivity contribution in [1.82, 2.24) is 0 Å². The number of hydrogen-bond acceptors (Lipinski definition) is 6. The van der Waals surface area contributed by atoms with Gasteiger partial charge in [-0.15, -0.1) is 0 Å². The van der Waals surface area contributed by atoms with Gasteiger partial charge in [0.2, 0.25) is 0 Å². The van der Waals surface area contributed by atoms with Crippen LogP contribution in [0.15, 0.2) is 97.1 Å². The summed E-state index contributed by atoms with van der Waals surface area (Å²) in [5.74, 6) is 2.59. The second-order valence-electron chi connectivity index (χ2n) is 11.8. The van der Waals surface area contributed by atoms with Gasteiger partial charge in [0.1, 0.15) is 55.4 Å². The highest BCUT2D eigenvalue weighted by molar-refractivity contribution is 5.96. The number of rotatable bonds is 12. The predicted octanol–water partition coefficient (Wildman–Crippen LogP) is 6.68. The monoisotopic (exact) mass is 574 g/mol. The minimum Gasteiger partial charge on any atom is -0.491 e. The molecule has 0 amide bonds. The molecule has 3 saturated heterocycles. The fraction of sp³-hybridized carbons (Fsp3) is 0.297. The van der Waals surface area contributed by atoms with Crippen LogP contribution in [-0.2, 0) is 19.6 Å². The SMILES string of the molecule is CC(c1ccc(OCC2CO2)cc1)(c1cccc2c(OCC3CO3)cccc12)c1cccc2c(OCC3CO3)cccc12. The van der Waals surface area contributed by atoms with Gasteiger partial charge in [-0.3, -0.25) is 0 Å². The van der Waals surface area contributed by atoms with E-state index < -0.39 is 5.41 Å². The van der Waals surface area contributed by atoms with Gasteiger partial charge in [0.15, 0.2) is 0 Å². The first-order valence-corrected chi connectivity index (χ1v) is 15.0. The smallest absolute Gasteiger partial charge is 0.127 e. The van der Waals surface area contributed by atoms with E-state index >= 15 is 0 Å². The molecule has 3 fully saturated rings. The molecular weight excluding hydrogens is 540 g/mol. The summed E-state index contributed by atoms with van der Waals surface area (Å²) >= 11 is 0. The molecule has 0 saturated carbocycles. The second kappa shape index (κ2) is 10.9. The highest BCUT2D eigenvalue weighted by atomic mass is 16.6. The Hall–Kier alpha value is -4.10. The van der Waals surface area contributed by atoms with Crippen molar-refractivity contribution in [2.75, 3.05) is 39.6 Å². The highest BCUT2D eigenvalue weighted by Crippen LogP contribution is 2.46. The number of ether oxygens (including phenoxy) is 6. The van der Waals surface area contributed by atoms with Crippen LogP contribution in [0.2, 0.25) is 0 Å². The molecule has 6 heteroatoms. The van der Waals surface area contributed by atoms with E-state index in [1.165, 1.54) is 11.1 Å². The van der Waals surface area contributed by atoms with Crippen molar-refractivity contribution in [3.63, 3.8) is 0 Å². The fourth-order valence-electron chi connectivity index (χ4n) is 6.07. The summed E-state index contributed by atoms with van der Waals surface area (Å²) in [6, 6.07) is 34.2. The van der Waals surface area contributed by atoms with Crippen molar-refractivity contribution in [3.05, 3.63) is 114 Å². The molecule has 3 atom stereocenters. The molecule has 43 heavy (non-hydrogen) atoms. The lowest BCUT2D eigenvalue weighted by atomic mass is 9.68. The third kappa shape index (κ3) is 5.31. The fourth-order valence-corrected chi connectivity index (χ4v) is 6.07. The Bertz CT molecular complexity index is 1670. The third-order valence-electron chi connectivity index (χ3n) is 8.77. The normalized spacial score (nSPS) is 21.7. The lowest BCUT2D eigenvalue weighted by Gasteiger charge is -2.34. The maximum Gasteiger partial charge on any atom is 0.127 e. The summed E-state index contributed by atoms with van der Waals surface area (Å²) in [4.78, 5) is 0. The van der Waals surface area contributed by atoms with Crippen LogP contribution >= 0.6 is 0 Å². The first kappa shape index (κ1) is 26.5. The van der Waals surface area contributed by atoms with E-state index in [2.05, 4.69) is 91.9 Å². The molecule has 0 spiro atoms. The number of hydrogen-bond donors (Lipinski definition) is 0. The molecule has 3 aliphatic heterocycles. The standard InChI is InChI=1S/C37H34O6/c1-37(24-14-16-25(17-15-24)38-18-26-19-39-26,33-10-2-8-31-29(33)6-4-12-35(31)42-22-27-20-40-27)34-11-3-9-32-30(34)7-5-13-36(32)43-23-28-21-41-28/h2-17,26-28H,18-23H2,1H3. The molecule has 5 aromatic carbocycles. The highest BCUT2D eigenvalue weighted by Gasteiger charge is 2.35. The summed E-state index contributed by atoms with van der Waals surface area (Å²) in [6.07, 6.45) is 0.589. The minimum atomic E-state index is -0.520. The molecule has 0 N–H and O–H groups in total. The van der Waals surface area contributed by atoms with Gasteiger partial charge in [-0.25, -0.2) is 0 Å². The van der Waals surface area contributed by atoms with Crippen molar-refractivity contribution in [2.45, 2.75) is 30.7 Å². The summed E-state index contributed by atoms with van der Waals surface area (Å²) in [5, 5.41) is 4.48. The molecule has 6 nitrogen and oxygen atoms in total. The first-order valence-electron chi connectivity index (χ1n) is 15.0. The van der Waals surface area contributed by atoms with Crippen LogP contribution < -0.4 is 14.2 Å². The van der Waals surface area contributed by atoms with E-state index in [4.69, 9.17) is 28.4 Å². The Morgan fingerprint density at radius 3 is 1.42 bits per heavy atom. The molecule has 3 unspecified atom stereocenters. The Kier molecular flexibility index (Phi) is 6.70. The van der Waals surface area contributed by atoms with Crippen LogP contribution in [0.4, 0.5) is 0 Å². The van der Waals surface area contributed by atoms with Crippen LogP contribution in [-0.4, -0.2) is 58.0 Å². The number of benzene rings is 5. The van der Waals surface area contributed by atoms with Gasteiger partial charge in [0.05, 0.1) is 19.8 Å². The molecular formula is C37H34O6. The lowest BCUT2D eigenvalue weighted by Crippen LogP contribution is -2.26. The summed E-state index contributed by atoms with van der Waals surface area (Å²) in [7, 11) is 0. The van der Waals surface area contributed by atoms with Crippen LogP contribution in [0, 0.1) is 0 Å². The zero-order valence-electron chi connectivity index (χ0n) is 24.2. The topological polar surface area (TPSA) is 65.3 Å². The Labute approximate surface area is 251 Å². The van der Waals surface area contributed by atoms with E-state index in [-0.39, 0.29) is 18.3 Å². The zero-order valence-corrected chi connectivity index (χ0v) is 24.2. The van der Waals surface area contributed by atoms with Gasteiger partial charge >= 0.3 is 0 Å². The second-order valence-corrected chi connectivity index (χ2v) is 11.8. The Morgan fingerprint density at radius 1 is 0.535 bits per heavy atom. The number of epoxide rings is 3. The molecule has 8 rings (SSSR count). The molecule has 3 aliphatic rings. The van der Waals surface area contributed by atoms with Crippen molar-refractivity contribution < 1.29 is 28.4 Å². The molecule has 3 heterocycles. The molecule has 218 valence electrons. The van der Waals surface area contributed by atoms with Gasteiger partial charge in [-0.1, -0.05) is 72.8 Å². The zero-order chi connectivity index (χ0) is 28.8. The maximum atomic E-state index is 6.25. The van der Waals surface area contributed by atoms with Crippen molar-refractivity contribution in [1.29, 1.82) is 0 Å². The third-order valence-corrected chi connectivity index (χ3v) is 8.77. The van der Waals surface area contributed by atoms with Crippen molar-refractivity contribution >= 4 is 21.5 Å². The van der Waals surface area contributed by atoms with Crippen molar-refractivity contribution in [2.24, 2.45) is 0 Å². The van der Waals surface area contributed by atoms with Crippen LogP contribution in [0.25, 0.3) is 21.5 Å². The summed E-state index contributed by atoms with van der Waals surface area (Å²) < 4.78 is 34.6. The van der Waals surface area contributed by atoms with Crippen molar-refractivity contribution in [3.8, 4) is 17.2 Å². The maximum absolute atomic E-state index is 6.25. The van der Waals surface area contributed by atoms with Crippen LogP contribution in [0.5, 0.6) is 17.2 Å². The van der Waals surface area contributed by atoms with Gasteiger partial charge < -0.3 is 28.4 Å². The van der Waals surface area contributed by atoms with Gasteiger partial charge in [0.25, 0.3) is 0 Å². The number of fused-ring (bicyclic) bond motifs is 2. The van der Waals surface area contributed by atoms with Gasteiger partial charge in [-0.05, 0) is 58.7 Å². The van der Waals surface area contributed by atoms with Crippen LogP contribution in [0.3, 0.4) is 0 Å². The van der Waals surface area contributed by atoms with E-state index in [1.54, 1.807) is 0 Å². The van der Waals surface area contributed by atoms with Gasteiger partial charge in [-0.2, -0.15) is 0 Å². The summed E-state index contributed by atoms with van der Waals surface area (Å²) in [6.45, 7) is 6.33. The average molecular weight is 575 g/mol. The molecule has 0 bridgehead atoms. The van der Waals surface area contributed by atoms with Gasteiger partial charge in [0, 0.05) is 16.2 Å². The molecule has 0 radical (unpaired) electrons. The van der Waals surface area contributed by atoms with E-state index in [1.807, 2.05) is 12.1 Å². The van der Waals surface area contributed by atoms with Crippen LogP contribution in [0.1, 0.15) is 23.6 Å². The van der Waals surface area contributed by atoms with E-state index in [0.717, 1.165) is 64.2 Å².